The molecule has 0 saturated carbocycles. The van der Waals surface area contributed by atoms with Crippen molar-refractivity contribution in [1.82, 2.24) is 10.3 Å². The molecule has 1 N–H and O–H groups in total. The van der Waals surface area contributed by atoms with Gasteiger partial charge in [0, 0.05) is 18.5 Å². The Balaban J connectivity index is 2.06. The third-order valence-corrected chi connectivity index (χ3v) is 3.43. The number of rotatable bonds is 6. The first-order chi connectivity index (χ1) is 8.33. The molecule has 0 fully saturated rings. The van der Waals surface area contributed by atoms with Crippen molar-refractivity contribution in [2.45, 2.75) is 20.0 Å². The van der Waals surface area contributed by atoms with Gasteiger partial charge >= 0.3 is 0 Å². The van der Waals surface area contributed by atoms with Crippen LogP contribution in [0, 0.1) is 0 Å². The van der Waals surface area contributed by atoms with Gasteiger partial charge in [-0.25, -0.2) is 4.98 Å². The molecule has 4 nitrogen and oxygen atoms in total. The molecule has 0 amide bonds. The lowest BCUT2D eigenvalue weighted by atomic mass is 10.4. The van der Waals surface area contributed by atoms with Crippen molar-refractivity contribution in [2.24, 2.45) is 0 Å². The highest BCUT2D eigenvalue weighted by Gasteiger charge is 2.11. The van der Waals surface area contributed by atoms with Crippen LogP contribution in [0.15, 0.2) is 28.2 Å². The van der Waals surface area contributed by atoms with E-state index in [0.717, 1.165) is 36.2 Å². The van der Waals surface area contributed by atoms with Crippen LogP contribution in [-0.2, 0) is 13.1 Å². The molecule has 0 saturated heterocycles. The van der Waals surface area contributed by atoms with E-state index in [1.165, 1.54) is 0 Å². The number of furan rings is 1. The van der Waals surface area contributed by atoms with Gasteiger partial charge in [0.1, 0.15) is 5.76 Å². The van der Waals surface area contributed by atoms with E-state index >= 15 is 0 Å². The van der Waals surface area contributed by atoms with Crippen LogP contribution in [0.25, 0.3) is 0 Å². The van der Waals surface area contributed by atoms with Gasteiger partial charge in [0.15, 0.2) is 5.13 Å². The molecule has 2 aromatic rings. The summed E-state index contributed by atoms with van der Waals surface area (Å²) >= 11 is 1.68. The van der Waals surface area contributed by atoms with Gasteiger partial charge in [0.05, 0.1) is 18.5 Å². The Morgan fingerprint density at radius 3 is 3.06 bits per heavy atom. The molecule has 0 aliphatic heterocycles. The normalized spacial score (nSPS) is 10.7. The van der Waals surface area contributed by atoms with E-state index in [-0.39, 0.29) is 0 Å². The van der Waals surface area contributed by atoms with E-state index in [4.69, 9.17) is 4.42 Å². The molecule has 2 heterocycles. The molecule has 0 aliphatic rings. The van der Waals surface area contributed by atoms with Gasteiger partial charge in [0.25, 0.3) is 0 Å². The van der Waals surface area contributed by atoms with E-state index in [9.17, 15) is 0 Å². The standard InChI is InChI=1S/C12H17N3OS/c1-3-15(8-11-5-4-6-16-11)12-14-10(7-13-2)9-17-12/h4-6,9,13H,3,7-8H2,1-2H3. The summed E-state index contributed by atoms with van der Waals surface area (Å²) in [6.45, 7) is 4.64. The van der Waals surface area contributed by atoms with Crippen molar-refractivity contribution in [3.8, 4) is 0 Å². The number of hydrogen-bond acceptors (Lipinski definition) is 5. The number of nitrogens with zero attached hydrogens (tertiary/aromatic N) is 2. The zero-order valence-corrected chi connectivity index (χ0v) is 11.0. The highest BCUT2D eigenvalue weighted by atomic mass is 32.1. The zero-order chi connectivity index (χ0) is 12.1. The molecule has 0 atom stereocenters. The molecule has 92 valence electrons. The fourth-order valence-electron chi connectivity index (χ4n) is 1.61. The molecule has 0 unspecified atom stereocenters. The third-order valence-electron chi connectivity index (χ3n) is 2.48. The smallest absolute Gasteiger partial charge is 0.185 e. The lowest BCUT2D eigenvalue weighted by Crippen LogP contribution is -2.21. The van der Waals surface area contributed by atoms with Crippen LogP contribution in [0.3, 0.4) is 0 Å². The summed E-state index contributed by atoms with van der Waals surface area (Å²) in [7, 11) is 1.93. The van der Waals surface area contributed by atoms with Crippen LogP contribution in [0.5, 0.6) is 0 Å². The number of nitrogens with one attached hydrogen (secondary N) is 1. The molecule has 5 heteroatoms. The average molecular weight is 251 g/mol. The summed E-state index contributed by atoms with van der Waals surface area (Å²) < 4.78 is 5.36. The van der Waals surface area contributed by atoms with Crippen LogP contribution in [0.4, 0.5) is 5.13 Å². The predicted molar refractivity (Wildman–Crippen MR) is 70.3 cm³/mol. The van der Waals surface area contributed by atoms with Crippen LogP contribution < -0.4 is 10.2 Å². The largest absolute Gasteiger partial charge is 0.467 e. The fourth-order valence-corrected chi connectivity index (χ4v) is 2.50. The second-order valence-corrected chi connectivity index (χ2v) is 4.58. The summed E-state index contributed by atoms with van der Waals surface area (Å²) in [6.07, 6.45) is 1.71. The molecule has 2 rings (SSSR count). The van der Waals surface area contributed by atoms with Gasteiger partial charge in [-0.3, -0.25) is 0 Å². The van der Waals surface area contributed by atoms with Crippen molar-refractivity contribution < 1.29 is 4.42 Å². The monoisotopic (exact) mass is 251 g/mol. The lowest BCUT2D eigenvalue weighted by Gasteiger charge is -2.17. The van der Waals surface area contributed by atoms with E-state index in [0.29, 0.717) is 0 Å². The second-order valence-electron chi connectivity index (χ2n) is 3.75. The molecule has 0 bridgehead atoms. The Kier molecular flexibility index (Phi) is 4.17. The van der Waals surface area contributed by atoms with Crippen LogP contribution in [0.1, 0.15) is 18.4 Å². The molecule has 0 aromatic carbocycles. The Labute approximate surface area is 105 Å². The van der Waals surface area contributed by atoms with Crippen molar-refractivity contribution in [2.75, 3.05) is 18.5 Å². The third kappa shape index (κ3) is 3.08. The molecule has 0 aliphatic carbocycles. The number of aromatic nitrogens is 1. The molecular weight excluding hydrogens is 234 g/mol. The van der Waals surface area contributed by atoms with Gasteiger partial charge in [0.2, 0.25) is 0 Å². The van der Waals surface area contributed by atoms with E-state index in [1.54, 1.807) is 17.6 Å². The lowest BCUT2D eigenvalue weighted by molar-refractivity contribution is 0.503. The summed E-state index contributed by atoms with van der Waals surface area (Å²) in [4.78, 5) is 6.80. The predicted octanol–water partition coefficient (Wildman–Crippen LogP) is 2.48. The summed E-state index contributed by atoms with van der Waals surface area (Å²) in [5.74, 6) is 0.970. The minimum absolute atomic E-state index is 0.774. The topological polar surface area (TPSA) is 41.3 Å². The Morgan fingerprint density at radius 1 is 1.53 bits per heavy atom. The minimum atomic E-state index is 0.774. The highest BCUT2D eigenvalue weighted by Crippen LogP contribution is 2.22. The Morgan fingerprint density at radius 2 is 2.41 bits per heavy atom. The van der Waals surface area contributed by atoms with E-state index in [2.05, 4.69) is 27.5 Å². The minimum Gasteiger partial charge on any atom is -0.467 e. The first-order valence-corrected chi connectivity index (χ1v) is 6.57. The SMILES string of the molecule is CCN(Cc1ccco1)c1nc(CNC)cs1. The van der Waals surface area contributed by atoms with E-state index < -0.39 is 0 Å². The molecule has 0 spiro atoms. The summed E-state index contributed by atoms with van der Waals surface area (Å²) in [6, 6.07) is 3.90. The highest BCUT2D eigenvalue weighted by molar-refractivity contribution is 7.13. The van der Waals surface area contributed by atoms with Gasteiger partial charge in [-0.15, -0.1) is 11.3 Å². The zero-order valence-electron chi connectivity index (χ0n) is 10.1. The maximum atomic E-state index is 5.36. The number of thiazole rings is 1. The number of hydrogen-bond donors (Lipinski definition) is 1. The second kappa shape index (κ2) is 5.84. The maximum absolute atomic E-state index is 5.36. The average Bonchev–Trinajstić information content (AvgIpc) is 2.97. The maximum Gasteiger partial charge on any atom is 0.185 e. The molecular formula is C12H17N3OS. The van der Waals surface area contributed by atoms with Crippen LogP contribution in [-0.4, -0.2) is 18.6 Å². The molecule has 2 aromatic heterocycles. The van der Waals surface area contributed by atoms with Crippen LogP contribution >= 0.6 is 11.3 Å². The van der Waals surface area contributed by atoms with Crippen molar-refractivity contribution in [3.05, 3.63) is 35.2 Å². The van der Waals surface area contributed by atoms with Gasteiger partial charge in [-0.05, 0) is 26.1 Å². The quantitative estimate of drug-likeness (QED) is 0.856. The summed E-state index contributed by atoms with van der Waals surface area (Å²) in [5.41, 5.74) is 1.09. The van der Waals surface area contributed by atoms with Gasteiger partial charge in [-0.1, -0.05) is 0 Å². The van der Waals surface area contributed by atoms with Gasteiger partial charge < -0.3 is 14.6 Å². The number of anilines is 1. The van der Waals surface area contributed by atoms with Gasteiger partial charge in [-0.2, -0.15) is 0 Å². The Bertz CT molecular complexity index is 438. The first kappa shape index (κ1) is 12.1. The van der Waals surface area contributed by atoms with Crippen molar-refractivity contribution in [1.29, 1.82) is 0 Å². The molecule has 17 heavy (non-hydrogen) atoms. The van der Waals surface area contributed by atoms with E-state index in [1.807, 2.05) is 19.2 Å². The van der Waals surface area contributed by atoms with Crippen molar-refractivity contribution >= 4 is 16.5 Å². The summed E-state index contributed by atoms with van der Waals surface area (Å²) in [5, 5.41) is 6.25. The van der Waals surface area contributed by atoms with Crippen LogP contribution in [0.2, 0.25) is 0 Å². The fraction of sp³-hybridized carbons (Fsp3) is 0.417. The molecule has 0 radical (unpaired) electrons. The Hall–Kier alpha value is -1.33. The van der Waals surface area contributed by atoms with Crippen molar-refractivity contribution in [3.63, 3.8) is 0 Å². The first-order valence-electron chi connectivity index (χ1n) is 5.69.